The lowest BCUT2D eigenvalue weighted by Gasteiger charge is -2.35. The zero-order chi connectivity index (χ0) is 20.0. The molecule has 0 fully saturated rings. The molecule has 1 aromatic heterocycles. The average molecular weight is 365 g/mol. The van der Waals surface area contributed by atoms with E-state index >= 15 is 0 Å². The van der Waals surface area contributed by atoms with Gasteiger partial charge in [0.2, 0.25) is 0 Å². The van der Waals surface area contributed by atoms with E-state index in [4.69, 9.17) is 11.2 Å². The Hall–Kier alpha value is -3.40. The molecule has 0 saturated heterocycles. The summed E-state index contributed by atoms with van der Waals surface area (Å²) in [7, 11) is 0. The number of rotatable bonds is 3. The van der Waals surface area contributed by atoms with Crippen LogP contribution < -0.4 is 0 Å². The zero-order valence-electron chi connectivity index (χ0n) is 15.5. The predicted molar refractivity (Wildman–Crippen MR) is 96.6 cm³/mol. The molecule has 0 spiro atoms. The van der Waals surface area contributed by atoms with Gasteiger partial charge in [-0.25, -0.2) is 14.7 Å². The Morgan fingerprint density at radius 3 is 2.15 bits per heavy atom. The summed E-state index contributed by atoms with van der Waals surface area (Å²) >= 11 is 0. The Bertz CT molecular complexity index is 958. The number of ether oxygens (including phenoxy) is 1. The minimum absolute atomic E-state index is 0.0776. The van der Waals surface area contributed by atoms with Gasteiger partial charge in [0.15, 0.2) is 0 Å². The number of hydrogen-bond donors (Lipinski definition) is 1. The fourth-order valence-corrected chi connectivity index (χ4v) is 3.06. The van der Waals surface area contributed by atoms with E-state index < -0.39 is 28.9 Å². The topological polar surface area (TPSA) is 92.4 Å². The van der Waals surface area contributed by atoms with E-state index in [1.54, 1.807) is 39.8 Å². The summed E-state index contributed by atoms with van der Waals surface area (Å²) in [6.45, 7) is 6.67. The molecule has 3 rings (SSSR count). The third-order valence-electron chi connectivity index (χ3n) is 4.21. The van der Waals surface area contributed by atoms with Gasteiger partial charge < -0.3 is 9.72 Å². The number of imide groups is 1. The molecule has 0 saturated carbocycles. The number of amides is 2. The summed E-state index contributed by atoms with van der Waals surface area (Å²) in [4.78, 5) is 47.1. The molecule has 27 heavy (non-hydrogen) atoms. The Balaban J connectivity index is 2.25. The van der Waals surface area contributed by atoms with Gasteiger partial charge in [-0.15, -0.1) is 6.42 Å². The van der Waals surface area contributed by atoms with Crippen LogP contribution in [-0.4, -0.2) is 38.3 Å². The average Bonchev–Trinajstić information content (AvgIpc) is 3.13. The smallest absolute Gasteiger partial charge is 0.352 e. The quantitative estimate of drug-likeness (QED) is 0.511. The van der Waals surface area contributed by atoms with Crippen molar-refractivity contribution in [2.45, 2.75) is 38.8 Å². The van der Waals surface area contributed by atoms with Crippen molar-refractivity contribution in [2.24, 2.45) is 0 Å². The molecule has 2 heterocycles. The van der Waals surface area contributed by atoms with Crippen LogP contribution >= 0.6 is 0 Å². The lowest BCUT2D eigenvalue weighted by Crippen LogP contribution is -2.56. The van der Waals surface area contributed by atoms with E-state index in [2.05, 4.69) is 15.9 Å². The first-order valence-corrected chi connectivity index (χ1v) is 8.33. The molecule has 2 amide bonds. The van der Waals surface area contributed by atoms with E-state index in [1.165, 1.54) is 18.5 Å². The van der Waals surface area contributed by atoms with Crippen LogP contribution in [0, 0.1) is 19.3 Å². The molecule has 0 aliphatic carbocycles. The van der Waals surface area contributed by atoms with Crippen molar-refractivity contribution >= 4 is 17.8 Å². The molecule has 138 valence electrons. The van der Waals surface area contributed by atoms with Gasteiger partial charge in [-0.1, -0.05) is 18.1 Å². The number of nitrogens with zero attached hydrogens (tertiary/aromatic N) is 2. The fraction of sp³-hybridized carbons (Fsp3) is 0.300. The van der Waals surface area contributed by atoms with Gasteiger partial charge in [0.05, 0.1) is 17.5 Å². The second kappa shape index (κ2) is 6.09. The second-order valence-electron chi connectivity index (χ2n) is 7.22. The number of aryl methyl sites for hydroxylation is 1. The number of carbonyl (C=O) groups excluding carboxylic acids is 3. The molecule has 1 aromatic carbocycles. The molecule has 0 bridgehead atoms. The number of aromatic nitrogens is 2. The van der Waals surface area contributed by atoms with Gasteiger partial charge in [-0.2, -0.15) is 0 Å². The first kappa shape index (κ1) is 18.4. The Morgan fingerprint density at radius 2 is 1.74 bits per heavy atom. The molecular formula is C20H19N3O4. The third-order valence-corrected chi connectivity index (χ3v) is 4.21. The molecular weight excluding hydrogens is 346 g/mol. The van der Waals surface area contributed by atoms with Crippen molar-refractivity contribution in [3.63, 3.8) is 0 Å². The molecule has 7 heteroatoms. The van der Waals surface area contributed by atoms with Crippen molar-refractivity contribution in [2.75, 3.05) is 0 Å². The summed E-state index contributed by atoms with van der Waals surface area (Å²) in [5.41, 5.74) is -2.12. The van der Waals surface area contributed by atoms with Gasteiger partial charge in [0.25, 0.3) is 17.4 Å². The number of aromatic amines is 1. The van der Waals surface area contributed by atoms with E-state index in [-0.39, 0.29) is 16.8 Å². The summed E-state index contributed by atoms with van der Waals surface area (Å²) in [6.07, 6.45) is 7.12. The number of esters is 1. The third kappa shape index (κ3) is 2.70. The number of carbonyl (C=O) groups is 3. The van der Waals surface area contributed by atoms with Crippen molar-refractivity contribution in [3.05, 3.63) is 53.1 Å². The second-order valence-corrected chi connectivity index (χ2v) is 7.22. The van der Waals surface area contributed by atoms with E-state index in [1.807, 2.05) is 0 Å². The van der Waals surface area contributed by atoms with Gasteiger partial charge in [-0.3, -0.25) is 9.59 Å². The Labute approximate surface area is 156 Å². The van der Waals surface area contributed by atoms with Crippen LogP contribution in [0.5, 0.6) is 0 Å². The van der Waals surface area contributed by atoms with Crippen LogP contribution in [0.3, 0.4) is 0 Å². The maximum absolute atomic E-state index is 13.2. The Morgan fingerprint density at radius 1 is 1.19 bits per heavy atom. The highest BCUT2D eigenvalue weighted by Gasteiger charge is 2.57. The SMILES string of the molecule is C#CC(C(=O)OC(C)(C)C)(c1nc[nH]c1C)N1C(=O)c2ccccc2C1=O. The minimum Gasteiger partial charge on any atom is -0.457 e. The molecule has 2 aromatic rings. The number of terminal acetylenes is 1. The number of nitrogens with one attached hydrogen (secondary N) is 1. The minimum atomic E-state index is -2.12. The number of fused-ring (bicyclic) bond motifs is 1. The number of hydrogen-bond acceptors (Lipinski definition) is 5. The van der Waals surface area contributed by atoms with E-state index in [0.29, 0.717) is 5.69 Å². The van der Waals surface area contributed by atoms with E-state index in [9.17, 15) is 14.4 Å². The van der Waals surface area contributed by atoms with Crippen LogP contribution in [-0.2, 0) is 15.1 Å². The zero-order valence-corrected chi connectivity index (χ0v) is 15.5. The summed E-state index contributed by atoms with van der Waals surface area (Å²) in [5, 5.41) is 0. The lowest BCUT2D eigenvalue weighted by atomic mass is 9.91. The van der Waals surface area contributed by atoms with Crippen LogP contribution in [0.2, 0.25) is 0 Å². The molecule has 1 aliphatic rings. The highest BCUT2D eigenvalue weighted by atomic mass is 16.6. The van der Waals surface area contributed by atoms with Gasteiger partial charge in [-0.05, 0) is 39.8 Å². The maximum atomic E-state index is 13.2. The molecule has 1 atom stereocenters. The summed E-state index contributed by atoms with van der Waals surface area (Å²) < 4.78 is 5.50. The first-order chi connectivity index (χ1) is 12.6. The fourth-order valence-electron chi connectivity index (χ4n) is 3.06. The monoisotopic (exact) mass is 365 g/mol. The normalized spacial score (nSPS) is 15.9. The van der Waals surface area contributed by atoms with Gasteiger partial charge >= 0.3 is 5.97 Å². The number of imidazole rings is 1. The molecule has 7 nitrogen and oxygen atoms in total. The van der Waals surface area contributed by atoms with Crippen molar-refractivity contribution in [1.29, 1.82) is 0 Å². The number of H-pyrrole nitrogens is 1. The summed E-state index contributed by atoms with van der Waals surface area (Å²) in [5.74, 6) is 0.101. The largest absolute Gasteiger partial charge is 0.457 e. The standard InChI is InChI=1S/C20H19N3O4/c1-6-20(15-12(2)21-11-22-15,18(26)27-19(3,4)5)23-16(24)13-9-7-8-10-14(13)17(23)25/h1,7-11H,2-5H3,(H,21,22). The predicted octanol–water partition coefficient (Wildman–Crippen LogP) is 2.18. The van der Waals surface area contributed by atoms with Crippen LogP contribution in [0.4, 0.5) is 0 Å². The summed E-state index contributed by atoms with van der Waals surface area (Å²) in [6, 6.07) is 6.31. The van der Waals surface area contributed by atoms with Crippen LogP contribution in [0.15, 0.2) is 30.6 Å². The molecule has 1 aliphatic heterocycles. The Kier molecular flexibility index (Phi) is 4.15. The number of benzene rings is 1. The van der Waals surface area contributed by atoms with Crippen molar-refractivity contribution in [1.82, 2.24) is 14.9 Å². The van der Waals surface area contributed by atoms with Crippen LogP contribution in [0.25, 0.3) is 0 Å². The first-order valence-electron chi connectivity index (χ1n) is 8.33. The van der Waals surface area contributed by atoms with E-state index in [0.717, 1.165) is 4.90 Å². The molecule has 1 N–H and O–H groups in total. The lowest BCUT2D eigenvalue weighted by molar-refractivity contribution is -0.164. The van der Waals surface area contributed by atoms with Crippen molar-refractivity contribution < 1.29 is 19.1 Å². The highest BCUT2D eigenvalue weighted by molar-refractivity contribution is 6.23. The molecule has 1 unspecified atom stereocenters. The van der Waals surface area contributed by atoms with Gasteiger partial charge in [0, 0.05) is 5.69 Å². The van der Waals surface area contributed by atoms with Crippen LogP contribution in [0.1, 0.15) is 52.9 Å². The molecule has 0 radical (unpaired) electrons. The maximum Gasteiger partial charge on any atom is 0.352 e. The van der Waals surface area contributed by atoms with Crippen molar-refractivity contribution in [3.8, 4) is 12.3 Å². The van der Waals surface area contributed by atoms with Gasteiger partial charge in [0.1, 0.15) is 11.3 Å². The highest BCUT2D eigenvalue weighted by Crippen LogP contribution is 2.38.